The van der Waals surface area contributed by atoms with Gasteiger partial charge in [-0.15, -0.1) is 0 Å². The van der Waals surface area contributed by atoms with Crippen LogP contribution < -0.4 is 0 Å². The minimum absolute atomic E-state index is 0.239. The predicted molar refractivity (Wildman–Crippen MR) is 61.2 cm³/mol. The van der Waals surface area contributed by atoms with Gasteiger partial charge in [0.1, 0.15) is 5.78 Å². The Morgan fingerprint density at radius 1 is 1.23 bits per heavy atom. The fourth-order valence-electron chi connectivity index (χ4n) is 1.45. The number of carbonyl (C=O) groups is 1. The number of Topliss-reactive ketones (excluding diaryl/α,β-unsaturated/α-hetero) is 1. The molecule has 1 nitrogen and oxygen atoms in total. The van der Waals surface area contributed by atoms with Crippen LogP contribution in [0.15, 0.2) is 0 Å². The van der Waals surface area contributed by atoms with Crippen LogP contribution in [0.5, 0.6) is 0 Å². The lowest BCUT2D eigenvalue weighted by atomic mass is 9.91. The highest BCUT2D eigenvalue weighted by molar-refractivity contribution is 7.99. The molecule has 0 amide bonds. The van der Waals surface area contributed by atoms with E-state index in [1.54, 1.807) is 0 Å². The van der Waals surface area contributed by atoms with Gasteiger partial charge >= 0.3 is 0 Å². The maximum atomic E-state index is 11.5. The molecule has 0 aromatic carbocycles. The Kier molecular flexibility index (Phi) is 7.44. The molecule has 13 heavy (non-hydrogen) atoms. The van der Waals surface area contributed by atoms with Gasteiger partial charge < -0.3 is 0 Å². The van der Waals surface area contributed by atoms with Crippen LogP contribution in [0.1, 0.15) is 40.5 Å². The molecule has 0 aliphatic carbocycles. The summed E-state index contributed by atoms with van der Waals surface area (Å²) in [4.78, 5) is 11.5. The summed E-state index contributed by atoms with van der Waals surface area (Å²) in [7, 11) is 0. The van der Waals surface area contributed by atoms with Gasteiger partial charge in [0.25, 0.3) is 0 Å². The zero-order valence-electron chi connectivity index (χ0n) is 9.30. The molecule has 0 aromatic rings. The SMILES string of the molecule is CC.CC(C)C(=O)C1CCSCC1. The minimum atomic E-state index is 0.239. The van der Waals surface area contributed by atoms with E-state index in [0.29, 0.717) is 11.7 Å². The van der Waals surface area contributed by atoms with Crippen LogP contribution in [-0.4, -0.2) is 17.3 Å². The van der Waals surface area contributed by atoms with Crippen LogP contribution in [0.3, 0.4) is 0 Å². The van der Waals surface area contributed by atoms with Crippen molar-refractivity contribution < 1.29 is 4.79 Å². The topological polar surface area (TPSA) is 17.1 Å². The molecule has 1 fully saturated rings. The van der Waals surface area contributed by atoms with Gasteiger partial charge in [-0.25, -0.2) is 0 Å². The minimum Gasteiger partial charge on any atom is -0.299 e. The standard InChI is InChI=1S/C9H16OS.C2H6/c1-7(2)9(10)8-3-5-11-6-4-8;1-2/h7-8H,3-6H2,1-2H3;1-2H3. The summed E-state index contributed by atoms with van der Waals surface area (Å²) in [5.74, 6) is 3.47. The molecule has 1 aliphatic rings. The molecule has 1 heterocycles. The number of hydrogen-bond acceptors (Lipinski definition) is 2. The van der Waals surface area contributed by atoms with Crippen molar-refractivity contribution in [1.82, 2.24) is 0 Å². The lowest BCUT2D eigenvalue weighted by Crippen LogP contribution is -2.23. The second-order valence-electron chi connectivity index (χ2n) is 3.44. The normalized spacial score (nSPS) is 17.9. The van der Waals surface area contributed by atoms with Crippen LogP contribution in [0.4, 0.5) is 0 Å². The molecule has 0 spiro atoms. The van der Waals surface area contributed by atoms with Crippen molar-refractivity contribution in [2.45, 2.75) is 40.5 Å². The Labute approximate surface area is 86.7 Å². The van der Waals surface area contributed by atoms with Crippen LogP contribution in [0.2, 0.25) is 0 Å². The fourth-order valence-corrected chi connectivity index (χ4v) is 2.56. The van der Waals surface area contributed by atoms with Gasteiger partial charge in [0.05, 0.1) is 0 Å². The Morgan fingerprint density at radius 3 is 2.08 bits per heavy atom. The van der Waals surface area contributed by atoms with E-state index >= 15 is 0 Å². The van der Waals surface area contributed by atoms with Gasteiger partial charge in [-0.2, -0.15) is 11.8 Å². The average Bonchev–Trinajstić information content (AvgIpc) is 2.21. The van der Waals surface area contributed by atoms with Crippen molar-refractivity contribution >= 4 is 17.5 Å². The van der Waals surface area contributed by atoms with Crippen LogP contribution >= 0.6 is 11.8 Å². The molecular formula is C11H22OS. The molecular weight excluding hydrogens is 180 g/mol. The largest absolute Gasteiger partial charge is 0.299 e. The molecule has 1 aliphatic heterocycles. The van der Waals surface area contributed by atoms with Gasteiger partial charge in [0, 0.05) is 11.8 Å². The summed E-state index contributed by atoms with van der Waals surface area (Å²) in [6, 6.07) is 0. The van der Waals surface area contributed by atoms with Gasteiger partial charge in [0.2, 0.25) is 0 Å². The maximum absolute atomic E-state index is 11.5. The van der Waals surface area contributed by atoms with Gasteiger partial charge in [-0.3, -0.25) is 4.79 Å². The van der Waals surface area contributed by atoms with Crippen LogP contribution in [-0.2, 0) is 4.79 Å². The van der Waals surface area contributed by atoms with Crippen molar-refractivity contribution in [3.8, 4) is 0 Å². The molecule has 0 aromatic heterocycles. The molecule has 1 saturated heterocycles. The van der Waals surface area contributed by atoms with E-state index in [4.69, 9.17) is 0 Å². The van der Waals surface area contributed by atoms with E-state index in [2.05, 4.69) is 0 Å². The molecule has 0 radical (unpaired) electrons. The quantitative estimate of drug-likeness (QED) is 0.683. The summed E-state index contributed by atoms with van der Waals surface area (Å²) < 4.78 is 0. The van der Waals surface area contributed by atoms with E-state index in [0.717, 1.165) is 12.8 Å². The Bertz CT molecular complexity index is 137. The Morgan fingerprint density at radius 2 is 1.69 bits per heavy atom. The summed E-state index contributed by atoms with van der Waals surface area (Å²) in [6.45, 7) is 8.01. The molecule has 78 valence electrons. The Balaban J connectivity index is 0.000000671. The van der Waals surface area contributed by atoms with E-state index in [-0.39, 0.29) is 5.92 Å². The Hall–Kier alpha value is 0.0200. The van der Waals surface area contributed by atoms with E-state index in [9.17, 15) is 4.79 Å². The van der Waals surface area contributed by atoms with Gasteiger partial charge in [-0.1, -0.05) is 27.7 Å². The highest BCUT2D eigenvalue weighted by Gasteiger charge is 2.22. The second kappa shape index (κ2) is 7.43. The summed E-state index contributed by atoms with van der Waals surface area (Å²) in [6.07, 6.45) is 2.23. The van der Waals surface area contributed by atoms with Crippen molar-refractivity contribution in [2.75, 3.05) is 11.5 Å². The maximum Gasteiger partial charge on any atom is 0.138 e. The van der Waals surface area contributed by atoms with Gasteiger partial charge in [0.15, 0.2) is 0 Å². The average molecular weight is 202 g/mol. The molecule has 0 saturated carbocycles. The lowest BCUT2D eigenvalue weighted by molar-refractivity contribution is -0.126. The number of carbonyl (C=O) groups excluding carboxylic acids is 1. The monoisotopic (exact) mass is 202 g/mol. The first kappa shape index (κ1) is 13.0. The third-order valence-corrected chi connectivity index (χ3v) is 3.24. The number of hydrogen-bond donors (Lipinski definition) is 0. The molecule has 0 bridgehead atoms. The summed E-state index contributed by atoms with van der Waals surface area (Å²) in [5.41, 5.74) is 0. The first-order chi connectivity index (χ1) is 6.22. The third-order valence-electron chi connectivity index (χ3n) is 2.19. The van der Waals surface area contributed by atoms with Crippen molar-refractivity contribution in [3.63, 3.8) is 0 Å². The van der Waals surface area contributed by atoms with E-state index in [1.807, 2.05) is 39.5 Å². The highest BCUT2D eigenvalue weighted by atomic mass is 32.2. The number of ketones is 1. The molecule has 0 N–H and O–H groups in total. The molecule has 0 atom stereocenters. The molecule has 1 rings (SSSR count). The number of rotatable bonds is 2. The van der Waals surface area contributed by atoms with Crippen LogP contribution in [0, 0.1) is 11.8 Å². The first-order valence-corrected chi connectivity index (χ1v) is 6.48. The molecule has 0 unspecified atom stereocenters. The van der Waals surface area contributed by atoms with E-state index in [1.165, 1.54) is 11.5 Å². The third kappa shape index (κ3) is 4.70. The van der Waals surface area contributed by atoms with Crippen molar-refractivity contribution in [3.05, 3.63) is 0 Å². The first-order valence-electron chi connectivity index (χ1n) is 5.33. The van der Waals surface area contributed by atoms with Gasteiger partial charge in [-0.05, 0) is 24.3 Å². The lowest BCUT2D eigenvalue weighted by Gasteiger charge is -2.21. The zero-order valence-corrected chi connectivity index (χ0v) is 10.1. The fraction of sp³-hybridized carbons (Fsp3) is 0.909. The van der Waals surface area contributed by atoms with E-state index < -0.39 is 0 Å². The second-order valence-corrected chi connectivity index (χ2v) is 4.67. The van der Waals surface area contributed by atoms with Crippen LogP contribution in [0.25, 0.3) is 0 Å². The smallest absolute Gasteiger partial charge is 0.138 e. The summed E-state index contributed by atoms with van der Waals surface area (Å²) >= 11 is 1.98. The number of thioether (sulfide) groups is 1. The van der Waals surface area contributed by atoms with Crippen molar-refractivity contribution in [1.29, 1.82) is 0 Å². The molecule has 2 heteroatoms. The highest BCUT2D eigenvalue weighted by Crippen LogP contribution is 2.25. The summed E-state index contributed by atoms with van der Waals surface area (Å²) in [5, 5.41) is 0. The van der Waals surface area contributed by atoms with Crippen molar-refractivity contribution in [2.24, 2.45) is 11.8 Å². The zero-order chi connectivity index (χ0) is 10.3. The predicted octanol–water partition coefficient (Wildman–Crippen LogP) is 3.38.